The lowest BCUT2D eigenvalue weighted by Crippen LogP contribution is -2.35. The average Bonchev–Trinajstić information content (AvgIpc) is 2.06. The van der Waals surface area contributed by atoms with E-state index in [0.29, 0.717) is 9.40 Å². The molecule has 0 bridgehead atoms. The summed E-state index contributed by atoms with van der Waals surface area (Å²) in [6.45, 7) is 1.74. The van der Waals surface area contributed by atoms with Crippen LogP contribution in [0.5, 0.6) is 0 Å². The molecule has 2 N–H and O–H groups in total. The van der Waals surface area contributed by atoms with Crippen molar-refractivity contribution < 1.29 is 16.8 Å². The topological polar surface area (TPSA) is 97.5 Å². The Kier molecular flexibility index (Phi) is 3.40. The Bertz CT molecular complexity index is 603. The van der Waals surface area contributed by atoms with Crippen molar-refractivity contribution in [3.8, 4) is 0 Å². The molecule has 0 saturated heterocycles. The van der Waals surface area contributed by atoms with Crippen LogP contribution in [0.2, 0.25) is 0 Å². The Morgan fingerprint density at radius 2 is 1.53 bits per heavy atom. The smallest absolute Gasteiger partial charge is 0.245 e. The molecule has 0 spiro atoms. The first kappa shape index (κ1) is 13.8. The highest BCUT2D eigenvalue weighted by atomic mass is 32.3. The molecule has 1 aromatic rings. The molecule has 0 aromatic heterocycles. The zero-order valence-corrected chi connectivity index (χ0v) is 11.3. The van der Waals surface area contributed by atoms with Crippen molar-refractivity contribution in [2.75, 3.05) is 22.0 Å². The van der Waals surface area contributed by atoms with Gasteiger partial charge in [-0.15, -0.1) is 0 Å². The number of nitrogens with zero attached hydrogens (tertiary/aromatic N) is 1. The second-order valence-electron chi connectivity index (χ2n) is 3.76. The number of hydrogen-bond acceptors (Lipinski definition) is 5. The fraction of sp³-hybridized carbons (Fsp3) is 0.333. The molecule has 1 rings (SSSR count). The predicted octanol–water partition coefficient (Wildman–Crippen LogP) is 0.303. The Morgan fingerprint density at radius 3 is 1.88 bits per heavy atom. The predicted molar refractivity (Wildman–Crippen MR) is 67.8 cm³/mol. The number of aryl methyl sites for hydroxylation is 1. The van der Waals surface area contributed by atoms with Crippen LogP contribution in [0.3, 0.4) is 0 Å². The van der Waals surface area contributed by atoms with Crippen molar-refractivity contribution in [2.45, 2.75) is 6.92 Å². The van der Waals surface area contributed by atoms with Gasteiger partial charge in [-0.25, -0.2) is 16.8 Å². The van der Waals surface area contributed by atoms with Crippen molar-refractivity contribution in [3.05, 3.63) is 23.8 Å². The highest BCUT2D eigenvalue weighted by molar-refractivity contribution is 8.09. The monoisotopic (exact) mass is 278 g/mol. The molecule has 0 heterocycles. The largest absolute Gasteiger partial charge is 0.398 e. The summed E-state index contributed by atoms with van der Waals surface area (Å²) in [6.07, 6.45) is 1.65. The van der Waals surface area contributed by atoms with Gasteiger partial charge in [-0.3, -0.25) is 0 Å². The van der Waals surface area contributed by atoms with Gasteiger partial charge in [0.15, 0.2) is 0 Å². The van der Waals surface area contributed by atoms with E-state index in [0.717, 1.165) is 18.1 Å². The van der Waals surface area contributed by atoms with Gasteiger partial charge in [-0.1, -0.05) is 6.07 Å². The Hall–Kier alpha value is -1.28. The van der Waals surface area contributed by atoms with Crippen LogP contribution in [0.25, 0.3) is 0 Å². The van der Waals surface area contributed by atoms with Gasteiger partial charge in [0.25, 0.3) is 0 Å². The molecule has 8 heteroatoms. The summed E-state index contributed by atoms with van der Waals surface area (Å²) in [6, 6.07) is 4.28. The van der Waals surface area contributed by atoms with E-state index in [1.54, 1.807) is 13.0 Å². The van der Waals surface area contributed by atoms with Gasteiger partial charge < -0.3 is 5.73 Å². The number of nitrogen functional groups attached to an aromatic ring is 1. The minimum absolute atomic E-state index is 0.0121. The molecule has 6 nitrogen and oxygen atoms in total. The third kappa shape index (κ3) is 3.10. The maximum atomic E-state index is 11.5. The van der Waals surface area contributed by atoms with Crippen molar-refractivity contribution in [1.29, 1.82) is 0 Å². The van der Waals surface area contributed by atoms with Crippen LogP contribution in [-0.2, 0) is 20.0 Å². The SMILES string of the molecule is Cc1ccc(N(S(C)(=O)=O)S(C)(=O)=O)cc1N. The standard InChI is InChI=1S/C9H14N2O4S2/c1-7-4-5-8(6-9(7)10)11(16(2,12)13)17(3,14)15/h4-6H,10H2,1-3H3. The van der Waals surface area contributed by atoms with E-state index in [1.165, 1.54) is 12.1 Å². The van der Waals surface area contributed by atoms with Crippen LogP contribution >= 0.6 is 0 Å². The molecule has 0 radical (unpaired) electrons. The van der Waals surface area contributed by atoms with E-state index in [-0.39, 0.29) is 5.69 Å². The third-order valence-electron chi connectivity index (χ3n) is 2.08. The molecule has 17 heavy (non-hydrogen) atoms. The first-order valence-corrected chi connectivity index (χ1v) is 8.30. The average molecular weight is 278 g/mol. The quantitative estimate of drug-likeness (QED) is 0.802. The van der Waals surface area contributed by atoms with Crippen LogP contribution < -0.4 is 9.44 Å². The summed E-state index contributed by atoms with van der Waals surface area (Å²) >= 11 is 0. The van der Waals surface area contributed by atoms with Crippen LogP contribution in [0.15, 0.2) is 18.2 Å². The minimum Gasteiger partial charge on any atom is -0.398 e. The van der Waals surface area contributed by atoms with E-state index in [2.05, 4.69) is 0 Å². The molecule has 0 aliphatic rings. The van der Waals surface area contributed by atoms with Crippen molar-refractivity contribution in [1.82, 2.24) is 0 Å². The van der Waals surface area contributed by atoms with Gasteiger partial charge in [0.05, 0.1) is 18.2 Å². The zero-order chi connectivity index (χ0) is 13.4. The number of rotatable bonds is 3. The van der Waals surface area contributed by atoms with Crippen LogP contribution in [0.4, 0.5) is 11.4 Å². The summed E-state index contributed by atoms with van der Waals surface area (Å²) in [4.78, 5) is 0. The fourth-order valence-electron chi connectivity index (χ4n) is 1.37. The Balaban J connectivity index is 3.50. The third-order valence-corrected chi connectivity index (χ3v) is 5.33. The van der Waals surface area contributed by atoms with E-state index in [9.17, 15) is 16.8 Å². The van der Waals surface area contributed by atoms with Gasteiger partial charge in [-0.2, -0.15) is 3.71 Å². The molecule has 0 aliphatic carbocycles. The molecule has 0 amide bonds. The van der Waals surface area contributed by atoms with Crippen molar-refractivity contribution >= 4 is 31.4 Å². The van der Waals surface area contributed by atoms with Gasteiger partial charge in [0.1, 0.15) is 0 Å². The molecule has 96 valence electrons. The molecular formula is C9H14N2O4S2. The highest BCUT2D eigenvalue weighted by Crippen LogP contribution is 2.25. The van der Waals surface area contributed by atoms with Crippen molar-refractivity contribution in [3.63, 3.8) is 0 Å². The van der Waals surface area contributed by atoms with Crippen molar-refractivity contribution in [2.24, 2.45) is 0 Å². The number of sulfonamides is 2. The van der Waals surface area contributed by atoms with Gasteiger partial charge in [0, 0.05) is 5.69 Å². The second-order valence-corrected chi connectivity index (χ2v) is 7.66. The summed E-state index contributed by atoms with van der Waals surface area (Å²) in [5.74, 6) is 0. The van der Waals surface area contributed by atoms with E-state index in [4.69, 9.17) is 5.73 Å². The minimum atomic E-state index is -3.92. The van der Waals surface area contributed by atoms with E-state index >= 15 is 0 Å². The van der Waals surface area contributed by atoms with Gasteiger partial charge >= 0.3 is 0 Å². The molecular weight excluding hydrogens is 264 g/mol. The summed E-state index contributed by atoms with van der Waals surface area (Å²) < 4.78 is 46.3. The lowest BCUT2D eigenvalue weighted by Gasteiger charge is -2.20. The summed E-state index contributed by atoms with van der Waals surface area (Å²) in [5.41, 5.74) is 6.72. The number of nitrogens with two attached hydrogens (primary N) is 1. The van der Waals surface area contributed by atoms with Crippen LogP contribution in [-0.4, -0.2) is 29.3 Å². The maximum Gasteiger partial charge on any atom is 0.245 e. The molecule has 0 fully saturated rings. The van der Waals surface area contributed by atoms with Gasteiger partial charge in [-0.05, 0) is 24.6 Å². The Labute approximate surface area is 101 Å². The normalized spacial score (nSPS) is 12.4. The lowest BCUT2D eigenvalue weighted by molar-refractivity contribution is 0.591. The fourth-order valence-corrected chi connectivity index (χ4v) is 4.33. The lowest BCUT2D eigenvalue weighted by atomic mass is 10.2. The number of benzene rings is 1. The van der Waals surface area contributed by atoms with Crippen LogP contribution in [0.1, 0.15) is 5.56 Å². The summed E-state index contributed by atoms with van der Waals surface area (Å²) in [5, 5.41) is 0. The molecule has 0 unspecified atom stereocenters. The maximum absolute atomic E-state index is 11.5. The van der Waals surface area contributed by atoms with Gasteiger partial charge in [0.2, 0.25) is 20.0 Å². The molecule has 1 aromatic carbocycles. The number of hydrogen-bond donors (Lipinski definition) is 1. The highest BCUT2D eigenvalue weighted by Gasteiger charge is 2.27. The first-order valence-electron chi connectivity index (χ1n) is 4.60. The first-order chi connectivity index (χ1) is 7.53. The summed E-state index contributed by atoms with van der Waals surface area (Å²) in [7, 11) is -7.83. The molecule has 0 saturated carbocycles. The number of anilines is 2. The molecule has 0 aliphatic heterocycles. The Morgan fingerprint density at radius 1 is 1.06 bits per heavy atom. The second kappa shape index (κ2) is 4.19. The molecule has 0 atom stereocenters. The van der Waals surface area contributed by atoms with E-state index < -0.39 is 20.0 Å². The zero-order valence-electron chi connectivity index (χ0n) is 9.71. The van der Waals surface area contributed by atoms with E-state index in [1.807, 2.05) is 0 Å². The van der Waals surface area contributed by atoms with Crippen LogP contribution in [0, 0.1) is 6.92 Å².